The Morgan fingerprint density at radius 1 is 1.15 bits per heavy atom. The summed E-state index contributed by atoms with van der Waals surface area (Å²) in [7, 11) is -1.04. The van der Waals surface area contributed by atoms with Crippen LogP contribution >= 0.6 is 0 Å². The predicted octanol–water partition coefficient (Wildman–Crippen LogP) is 2.76. The third-order valence-electron chi connectivity index (χ3n) is 4.33. The molecule has 110 valence electrons. The summed E-state index contributed by atoms with van der Waals surface area (Å²) in [6, 6.07) is 1.31. The van der Waals surface area contributed by atoms with Crippen LogP contribution in [0.1, 0.15) is 37.7 Å². The van der Waals surface area contributed by atoms with E-state index in [4.69, 9.17) is 0 Å². The minimum absolute atomic E-state index is 0.0932. The maximum Gasteiger partial charge on any atom is 0.165 e. The summed E-state index contributed by atoms with van der Waals surface area (Å²) in [6.45, 7) is 0. The second-order valence-corrected chi connectivity index (χ2v) is 7.68. The molecule has 0 amide bonds. The van der Waals surface area contributed by atoms with Gasteiger partial charge in [-0.2, -0.15) is 0 Å². The molecule has 3 rings (SSSR count). The Kier molecular flexibility index (Phi) is 3.41. The van der Waals surface area contributed by atoms with Crippen LogP contribution in [0.15, 0.2) is 12.1 Å². The summed E-state index contributed by atoms with van der Waals surface area (Å²) < 4.78 is 52.7. The molecule has 2 unspecified atom stereocenters. The van der Waals surface area contributed by atoms with E-state index in [1.54, 1.807) is 0 Å². The standard InChI is InChI=1S/C14H15F3O2S/c15-8-4-11(13(17)12(16)5-8)14(18)6-9-2-1-3-10(7-14)20(9)19/h4-5,9-10,18H,1-3,6-7H2. The van der Waals surface area contributed by atoms with Gasteiger partial charge in [0.25, 0.3) is 0 Å². The SMILES string of the molecule is O=S1C2CCCC1CC(O)(c1cc(F)cc(F)c1F)C2. The van der Waals surface area contributed by atoms with E-state index in [1.165, 1.54) is 0 Å². The Bertz CT molecular complexity index is 560. The van der Waals surface area contributed by atoms with Crippen LogP contribution in [0.25, 0.3) is 0 Å². The molecule has 2 heterocycles. The van der Waals surface area contributed by atoms with Gasteiger partial charge < -0.3 is 5.11 Å². The molecule has 2 bridgehead atoms. The lowest BCUT2D eigenvalue weighted by Crippen LogP contribution is -2.47. The first-order chi connectivity index (χ1) is 9.40. The highest BCUT2D eigenvalue weighted by Gasteiger charge is 2.47. The van der Waals surface area contributed by atoms with Crippen molar-refractivity contribution in [1.82, 2.24) is 0 Å². The molecule has 2 saturated heterocycles. The molecule has 20 heavy (non-hydrogen) atoms. The number of hydrogen-bond donors (Lipinski definition) is 1. The number of benzene rings is 1. The maximum atomic E-state index is 13.9. The first-order valence-electron chi connectivity index (χ1n) is 6.67. The fourth-order valence-electron chi connectivity index (χ4n) is 3.40. The highest BCUT2D eigenvalue weighted by Crippen LogP contribution is 2.45. The van der Waals surface area contributed by atoms with Crippen LogP contribution in [-0.2, 0) is 16.4 Å². The molecule has 1 N–H and O–H groups in total. The van der Waals surface area contributed by atoms with Crippen molar-refractivity contribution in [2.45, 2.75) is 48.2 Å². The van der Waals surface area contributed by atoms with Crippen molar-refractivity contribution in [3.8, 4) is 0 Å². The molecule has 2 atom stereocenters. The fraction of sp³-hybridized carbons (Fsp3) is 0.571. The largest absolute Gasteiger partial charge is 0.385 e. The molecule has 2 aliphatic rings. The lowest BCUT2D eigenvalue weighted by atomic mass is 9.80. The van der Waals surface area contributed by atoms with E-state index in [0.717, 1.165) is 12.5 Å². The van der Waals surface area contributed by atoms with E-state index >= 15 is 0 Å². The van der Waals surface area contributed by atoms with Crippen molar-refractivity contribution in [2.24, 2.45) is 0 Å². The van der Waals surface area contributed by atoms with Gasteiger partial charge in [0.15, 0.2) is 11.6 Å². The van der Waals surface area contributed by atoms with E-state index in [1.807, 2.05) is 0 Å². The number of hydrogen-bond acceptors (Lipinski definition) is 2. The van der Waals surface area contributed by atoms with E-state index in [2.05, 4.69) is 0 Å². The molecule has 0 aromatic heterocycles. The van der Waals surface area contributed by atoms with Crippen molar-refractivity contribution in [3.05, 3.63) is 35.1 Å². The van der Waals surface area contributed by atoms with Crippen molar-refractivity contribution in [3.63, 3.8) is 0 Å². The molecule has 1 aromatic rings. The zero-order chi connectivity index (χ0) is 14.5. The maximum absolute atomic E-state index is 13.9. The molecular formula is C14H15F3O2S. The van der Waals surface area contributed by atoms with Gasteiger partial charge in [-0.3, -0.25) is 4.21 Å². The minimum Gasteiger partial charge on any atom is -0.385 e. The number of fused-ring (bicyclic) bond motifs is 2. The Morgan fingerprint density at radius 3 is 2.35 bits per heavy atom. The normalized spacial score (nSPS) is 36.9. The molecule has 0 saturated carbocycles. The predicted molar refractivity (Wildman–Crippen MR) is 69.0 cm³/mol. The fourth-order valence-corrected chi connectivity index (χ4v) is 5.62. The molecule has 0 radical (unpaired) electrons. The monoisotopic (exact) mass is 304 g/mol. The smallest absolute Gasteiger partial charge is 0.165 e. The first kappa shape index (κ1) is 14.1. The highest BCUT2D eigenvalue weighted by atomic mass is 32.2. The van der Waals surface area contributed by atoms with Gasteiger partial charge >= 0.3 is 0 Å². The summed E-state index contributed by atoms with van der Waals surface area (Å²) in [4.78, 5) is 0. The summed E-state index contributed by atoms with van der Waals surface area (Å²) in [5.41, 5.74) is -1.97. The lowest BCUT2D eigenvalue weighted by Gasteiger charge is -2.43. The molecule has 2 fully saturated rings. The molecule has 0 aliphatic carbocycles. The van der Waals surface area contributed by atoms with Crippen LogP contribution in [0.4, 0.5) is 13.2 Å². The van der Waals surface area contributed by atoms with Gasteiger partial charge in [0.1, 0.15) is 5.82 Å². The average Bonchev–Trinajstić information content (AvgIpc) is 2.36. The summed E-state index contributed by atoms with van der Waals surface area (Å²) >= 11 is 0. The van der Waals surface area contributed by atoms with Crippen molar-refractivity contribution >= 4 is 10.8 Å². The van der Waals surface area contributed by atoms with E-state index in [-0.39, 0.29) is 28.9 Å². The van der Waals surface area contributed by atoms with Crippen molar-refractivity contribution < 1.29 is 22.5 Å². The quantitative estimate of drug-likeness (QED) is 0.810. The molecule has 1 aromatic carbocycles. The highest BCUT2D eigenvalue weighted by molar-refractivity contribution is 7.86. The third kappa shape index (κ3) is 2.19. The van der Waals surface area contributed by atoms with Gasteiger partial charge in [0, 0.05) is 32.9 Å². The van der Waals surface area contributed by atoms with Gasteiger partial charge in [-0.15, -0.1) is 0 Å². The Hall–Kier alpha value is -0.880. The van der Waals surface area contributed by atoms with Crippen molar-refractivity contribution in [1.29, 1.82) is 0 Å². The van der Waals surface area contributed by atoms with Crippen molar-refractivity contribution in [2.75, 3.05) is 0 Å². The molecule has 2 aliphatic heterocycles. The summed E-state index contributed by atoms with van der Waals surface area (Å²) in [6.07, 6.45) is 2.51. The average molecular weight is 304 g/mol. The van der Waals surface area contributed by atoms with E-state index in [9.17, 15) is 22.5 Å². The summed E-state index contributed by atoms with van der Waals surface area (Å²) in [5, 5.41) is 10.2. The van der Waals surface area contributed by atoms with Gasteiger partial charge in [-0.1, -0.05) is 6.42 Å². The third-order valence-corrected chi connectivity index (χ3v) is 6.45. The zero-order valence-corrected chi connectivity index (χ0v) is 11.6. The zero-order valence-electron chi connectivity index (χ0n) is 10.7. The van der Waals surface area contributed by atoms with Crippen LogP contribution in [-0.4, -0.2) is 19.8 Å². The lowest BCUT2D eigenvalue weighted by molar-refractivity contribution is 0.00247. The minimum atomic E-state index is -1.63. The van der Waals surface area contributed by atoms with E-state index < -0.39 is 33.9 Å². The van der Waals surface area contributed by atoms with Crippen LogP contribution in [0.5, 0.6) is 0 Å². The number of aliphatic hydroxyl groups is 1. The van der Waals surface area contributed by atoms with Gasteiger partial charge in [-0.25, -0.2) is 13.2 Å². The van der Waals surface area contributed by atoms with Crippen LogP contribution in [0, 0.1) is 17.5 Å². The topological polar surface area (TPSA) is 37.3 Å². The van der Waals surface area contributed by atoms with Crippen LogP contribution < -0.4 is 0 Å². The second kappa shape index (κ2) is 4.84. The van der Waals surface area contributed by atoms with Gasteiger partial charge in [0.05, 0.1) is 5.60 Å². The van der Waals surface area contributed by atoms with Gasteiger partial charge in [0.2, 0.25) is 0 Å². The Balaban J connectivity index is 2.03. The second-order valence-electron chi connectivity index (χ2n) is 5.69. The number of halogens is 3. The molecule has 0 spiro atoms. The number of rotatable bonds is 1. The summed E-state index contributed by atoms with van der Waals surface area (Å²) in [5.74, 6) is -3.42. The molecule has 2 nitrogen and oxygen atoms in total. The molecular weight excluding hydrogens is 289 g/mol. The Labute approximate surface area is 117 Å². The van der Waals surface area contributed by atoms with Crippen LogP contribution in [0.3, 0.4) is 0 Å². The van der Waals surface area contributed by atoms with Gasteiger partial charge in [-0.05, 0) is 31.7 Å². The first-order valence-corrected chi connectivity index (χ1v) is 7.95. The van der Waals surface area contributed by atoms with Crippen LogP contribution in [0.2, 0.25) is 0 Å². The molecule has 6 heteroatoms. The van der Waals surface area contributed by atoms with E-state index in [0.29, 0.717) is 18.9 Å². The Morgan fingerprint density at radius 2 is 1.75 bits per heavy atom.